The maximum atomic E-state index is 14.6. The SMILES string of the molecule is CCCCNC(=O)[C@@H](Cc1ccccc1)N(Cc1ccc(Cl)c(Cl)c1)C(=O)CN(c1cc(Cl)ccc1Cl)S(=O)(=O)c1ccc(C)cc1. The highest BCUT2D eigenvalue weighted by atomic mass is 35.5. The number of halogens is 4. The molecule has 0 bridgehead atoms. The van der Waals surface area contributed by atoms with E-state index in [1.165, 1.54) is 35.2 Å². The normalized spacial score (nSPS) is 12.0. The van der Waals surface area contributed by atoms with E-state index in [-0.39, 0.29) is 44.5 Å². The van der Waals surface area contributed by atoms with Crippen LogP contribution in [0.3, 0.4) is 0 Å². The number of carbonyl (C=O) groups excluding carboxylic acids is 2. The van der Waals surface area contributed by atoms with Crippen molar-refractivity contribution in [2.75, 3.05) is 17.4 Å². The number of hydrogen-bond acceptors (Lipinski definition) is 4. The maximum Gasteiger partial charge on any atom is 0.264 e. The van der Waals surface area contributed by atoms with Crippen molar-refractivity contribution in [3.63, 3.8) is 0 Å². The molecule has 0 aromatic heterocycles. The lowest BCUT2D eigenvalue weighted by atomic mass is 10.0. The van der Waals surface area contributed by atoms with Crippen LogP contribution in [0.25, 0.3) is 0 Å². The van der Waals surface area contributed by atoms with E-state index in [2.05, 4.69) is 5.32 Å². The first kappa shape index (κ1) is 36.6. The topological polar surface area (TPSA) is 86.8 Å². The summed E-state index contributed by atoms with van der Waals surface area (Å²) in [5, 5.41) is 3.87. The summed E-state index contributed by atoms with van der Waals surface area (Å²) in [6.07, 6.45) is 1.79. The molecule has 4 rings (SSSR count). The zero-order valence-electron chi connectivity index (χ0n) is 25.9. The van der Waals surface area contributed by atoms with E-state index in [1.807, 2.05) is 44.2 Å². The number of benzene rings is 4. The van der Waals surface area contributed by atoms with Crippen LogP contribution in [-0.2, 0) is 32.6 Å². The third-order valence-electron chi connectivity index (χ3n) is 7.50. The summed E-state index contributed by atoms with van der Waals surface area (Å²) in [6, 6.07) is 23.9. The Kier molecular flexibility index (Phi) is 13.0. The Balaban J connectivity index is 1.83. The molecule has 7 nitrogen and oxygen atoms in total. The summed E-state index contributed by atoms with van der Waals surface area (Å²) < 4.78 is 29.4. The number of nitrogens with zero attached hydrogens (tertiary/aromatic N) is 2. The third-order valence-corrected chi connectivity index (χ3v) is 10.6. The number of sulfonamides is 1. The molecule has 2 amide bonds. The van der Waals surface area contributed by atoms with E-state index in [1.54, 1.807) is 30.3 Å². The highest BCUT2D eigenvalue weighted by Gasteiger charge is 2.35. The van der Waals surface area contributed by atoms with Crippen molar-refractivity contribution in [2.24, 2.45) is 0 Å². The largest absolute Gasteiger partial charge is 0.354 e. The summed E-state index contributed by atoms with van der Waals surface area (Å²) in [5.74, 6) is -1.01. The number of anilines is 1. The second kappa shape index (κ2) is 16.7. The van der Waals surface area contributed by atoms with Gasteiger partial charge in [0, 0.05) is 24.5 Å². The van der Waals surface area contributed by atoms with Gasteiger partial charge in [-0.05, 0) is 66.9 Å². The van der Waals surface area contributed by atoms with Crippen LogP contribution in [0, 0.1) is 6.92 Å². The quantitative estimate of drug-likeness (QED) is 0.132. The predicted molar refractivity (Wildman–Crippen MR) is 191 cm³/mol. The van der Waals surface area contributed by atoms with Crippen LogP contribution in [-0.4, -0.2) is 44.3 Å². The van der Waals surface area contributed by atoms with Gasteiger partial charge in [0.2, 0.25) is 11.8 Å². The molecule has 0 aliphatic heterocycles. The van der Waals surface area contributed by atoms with Gasteiger partial charge < -0.3 is 10.2 Å². The summed E-state index contributed by atoms with van der Waals surface area (Å²) in [6.45, 7) is 3.53. The number of unbranched alkanes of at least 4 members (excludes halogenated alkanes) is 1. The first-order valence-electron chi connectivity index (χ1n) is 15.0. The third kappa shape index (κ3) is 9.64. The van der Waals surface area contributed by atoms with Gasteiger partial charge in [-0.25, -0.2) is 8.42 Å². The van der Waals surface area contributed by atoms with Gasteiger partial charge in [0.25, 0.3) is 10.0 Å². The van der Waals surface area contributed by atoms with Crippen LogP contribution in [0.4, 0.5) is 5.69 Å². The second-order valence-corrected chi connectivity index (χ2v) is 14.6. The maximum absolute atomic E-state index is 14.6. The summed E-state index contributed by atoms with van der Waals surface area (Å²) in [7, 11) is -4.34. The van der Waals surface area contributed by atoms with Gasteiger partial charge in [0.1, 0.15) is 12.6 Å². The predicted octanol–water partition coefficient (Wildman–Crippen LogP) is 8.36. The summed E-state index contributed by atoms with van der Waals surface area (Å²) in [4.78, 5) is 29.8. The molecular formula is C35H35Cl4N3O4S. The van der Waals surface area contributed by atoms with Gasteiger partial charge in [-0.1, -0.05) is 114 Å². The number of hydrogen-bond donors (Lipinski definition) is 1. The van der Waals surface area contributed by atoms with E-state index in [0.717, 1.165) is 28.3 Å². The van der Waals surface area contributed by atoms with Crippen molar-refractivity contribution in [3.8, 4) is 0 Å². The molecule has 12 heteroatoms. The van der Waals surface area contributed by atoms with Crippen LogP contribution in [0.5, 0.6) is 0 Å². The molecule has 0 spiro atoms. The molecule has 0 radical (unpaired) electrons. The van der Waals surface area contributed by atoms with Crippen molar-refractivity contribution in [2.45, 2.75) is 50.6 Å². The molecule has 0 saturated heterocycles. The van der Waals surface area contributed by atoms with Crippen molar-refractivity contribution < 1.29 is 18.0 Å². The molecule has 0 aliphatic rings. The van der Waals surface area contributed by atoms with Crippen LogP contribution in [0.15, 0.2) is 95.9 Å². The Hall–Kier alpha value is -3.27. The summed E-state index contributed by atoms with van der Waals surface area (Å²) in [5.41, 5.74) is 2.30. The van der Waals surface area contributed by atoms with E-state index < -0.39 is 28.5 Å². The van der Waals surface area contributed by atoms with Crippen LogP contribution < -0.4 is 9.62 Å². The lowest BCUT2D eigenvalue weighted by Gasteiger charge is -2.34. The zero-order chi connectivity index (χ0) is 34.1. The number of amides is 2. The van der Waals surface area contributed by atoms with Gasteiger partial charge in [0.15, 0.2) is 0 Å². The average molecular weight is 736 g/mol. The Morgan fingerprint density at radius 2 is 1.49 bits per heavy atom. The molecule has 1 atom stereocenters. The molecule has 4 aromatic rings. The van der Waals surface area contributed by atoms with Crippen molar-refractivity contribution in [1.82, 2.24) is 10.2 Å². The fourth-order valence-electron chi connectivity index (χ4n) is 4.92. The minimum atomic E-state index is -4.34. The Morgan fingerprint density at radius 1 is 0.809 bits per heavy atom. The van der Waals surface area contributed by atoms with Gasteiger partial charge in [-0.2, -0.15) is 0 Å². The van der Waals surface area contributed by atoms with Crippen LogP contribution >= 0.6 is 46.4 Å². The standard InChI is InChI=1S/C35H35Cl4N3O4S/c1-3-4-18-40-35(44)33(20-25-8-6-5-7-9-25)41(22-26-12-16-29(37)31(39)19-26)34(43)23-42(32-21-27(36)13-17-30(32)38)47(45,46)28-14-10-24(2)11-15-28/h5-17,19,21,33H,3-4,18,20,22-23H2,1-2H3,(H,40,44)/t33-/m1/s1. The molecule has 0 fully saturated rings. The van der Waals surface area contributed by atoms with Crippen LogP contribution in [0.1, 0.15) is 36.5 Å². The van der Waals surface area contributed by atoms with Gasteiger partial charge in [0.05, 0.1) is 25.7 Å². The fraction of sp³-hybridized carbons (Fsp3) is 0.257. The molecule has 4 aromatic carbocycles. The molecule has 47 heavy (non-hydrogen) atoms. The average Bonchev–Trinajstić information content (AvgIpc) is 3.05. The number of aryl methyl sites for hydroxylation is 1. The van der Waals surface area contributed by atoms with E-state index >= 15 is 0 Å². The fourth-order valence-corrected chi connectivity index (χ4v) is 7.10. The molecule has 0 saturated carbocycles. The molecule has 0 heterocycles. The van der Waals surface area contributed by atoms with Crippen molar-refractivity contribution in [1.29, 1.82) is 0 Å². The molecule has 248 valence electrons. The Bertz CT molecular complexity index is 1810. The number of nitrogens with one attached hydrogen (secondary N) is 1. The minimum absolute atomic E-state index is 0.0228. The van der Waals surface area contributed by atoms with Gasteiger partial charge >= 0.3 is 0 Å². The Morgan fingerprint density at radius 3 is 2.15 bits per heavy atom. The highest BCUT2D eigenvalue weighted by molar-refractivity contribution is 7.92. The highest BCUT2D eigenvalue weighted by Crippen LogP contribution is 2.34. The van der Waals surface area contributed by atoms with Gasteiger partial charge in [-0.3, -0.25) is 13.9 Å². The second-order valence-electron chi connectivity index (χ2n) is 11.0. The monoisotopic (exact) mass is 733 g/mol. The first-order valence-corrected chi connectivity index (χ1v) is 18.0. The molecule has 0 unspecified atom stereocenters. The van der Waals surface area contributed by atoms with Crippen LogP contribution in [0.2, 0.25) is 20.1 Å². The lowest BCUT2D eigenvalue weighted by molar-refractivity contribution is -0.140. The zero-order valence-corrected chi connectivity index (χ0v) is 29.8. The smallest absolute Gasteiger partial charge is 0.264 e. The van der Waals surface area contributed by atoms with E-state index in [9.17, 15) is 18.0 Å². The van der Waals surface area contributed by atoms with E-state index in [4.69, 9.17) is 46.4 Å². The molecule has 0 aliphatic carbocycles. The van der Waals surface area contributed by atoms with Crippen molar-refractivity contribution in [3.05, 3.63) is 128 Å². The minimum Gasteiger partial charge on any atom is -0.354 e. The Labute approximate surface area is 296 Å². The van der Waals surface area contributed by atoms with Gasteiger partial charge in [-0.15, -0.1) is 0 Å². The molecular weight excluding hydrogens is 700 g/mol. The van der Waals surface area contributed by atoms with Crippen molar-refractivity contribution >= 4 is 73.9 Å². The number of carbonyl (C=O) groups is 2. The lowest BCUT2D eigenvalue weighted by Crippen LogP contribution is -2.53. The summed E-state index contributed by atoms with van der Waals surface area (Å²) >= 11 is 25.4. The number of rotatable bonds is 14. The van der Waals surface area contributed by atoms with E-state index in [0.29, 0.717) is 17.1 Å². The molecule has 1 N–H and O–H groups in total. The first-order chi connectivity index (χ1) is 22.4.